The fraction of sp³-hybridized carbons (Fsp3) is 0.800. The Kier molecular flexibility index (Phi) is 4.87. The third-order valence-corrected chi connectivity index (χ3v) is 1.62. The average Bonchev–Trinajstić information content (AvgIpc) is 1.53. The minimum atomic E-state index is -1.47. The zero-order valence-corrected chi connectivity index (χ0v) is 8.38. The molecule has 0 saturated heterocycles. The maximum Gasteiger partial charge on any atom is 0.304 e. The molecule has 0 amide bonds. The third kappa shape index (κ3) is 8.54. The van der Waals surface area contributed by atoms with E-state index in [2.05, 4.69) is 0 Å². The number of carbonyl (C=O) groups is 1. The first-order chi connectivity index (χ1) is 4.81. The van der Waals surface area contributed by atoms with Gasteiger partial charge in [-0.3, -0.25) is 4.79 Å². The van der Waals surface area contributed by atoms with Gasteiger partial charge in [0.15, 0.2) is 3.79 Å². The van der Waals surface area contributed by atoms with E-state index in [1.54, 1.807) is 0 Å². The molecule has 0 saturated carbocycles. The van der Waals surface area contributed by atoms with Crippen molar-refractivity contribution in [1.82, 2.24) is 0 Å². The number of hydrogen-bond donors (Lipinski definition) is 1. The zero-order chi connectivity index (χ0) is 9.07. The lowest BCUT2D eigenvalue weighted by Gasteiger charge is -2.13. The second-order valence-electron chi connectivity index (χ2n) is 2.01. The molecular weight excluding hydrogens is 234 g/mol. The highest BCUT2D eigenvalue weighted by molar-refractivity contribution is 6.67. The molecule has 0 heterocycles. The lowest BCUT2D eigenvalue weighted by atomic mass is 10.2. The Labute approximate surface area is 84.4 Å². The van der Waals surface area contributed by atoms with Crippen LogP contribution in [0, 0.1) is 0 Å². The van der Waals surface area contributed by atoms with Crippen molar-refractivity contribution in [3.63, 3.8) is 0 Å². The topological polar surface area (TPSA) is 37.3 Å². The first-order valence-electron chi connectivity index (χ1n) is 2.74. The zero-order valence-electron chi connectivity index (χ0n) is 5.36. The van der Waals surface area contributed by atoms with Crippen molar-refractivity contribution in [2.75, 3.05) is 0 Å². The summed E-state index contributed by atoms with van der Waals surface area (Å²) in [4.78, 5) is 10.1. The van der Waals surface area contributed by atoms with Crippen LogP contribution in [0.25, 0.3) is 0 Å². The van der Waals surface area contributed by atoms with Gasteiger partial charge in [0.1, 0.15) is 0 Å². The summed E-state index contributed by atoms with van der Waals surface area (Å²) >= 11 is 21.6. The molecule has 0 aliphatic carbocycles. The van der Waals surface area contributed by atoms with E-state index >= 15 is 0 Å². The molecule has 0 radical (unpaired) electrons. The summed E-state index contributed by atoms with van der Waals surface area (Å²) in [5, 5.41) is 7.63. The van der Waals surface area contributed by atoms with Crippen LogP contribution in [0.15, 0.2) is 0 Å². The Morgan fingerprint density at radius 2 is 1.91 bits per heavy atom. The summed E-state index contributed by atoms with van der Waals surface area (Å²) < 4.78 is -1.47. The average molecular weight is 240 g/mol. The van der Waals surface area contributed by atoms with Crippen molar-refractivity contribution >= 4 is 52.4 Å². The van der Waals surface area contributed by atoms with Gasteiger partial charge in [0, 0.05) is 11.8 Å². The molecule has 0 aliphatic rings. The Hall–Kier alpha value is 0.630. The highest BCUT2D eigenvalue weighted by Crippen LogP contribution is 2.33. The maximum absolute atomic E-state index is 10.1. The molecular formula is C5H6Cl4O2. The van der Waals surface area contributed by atoms with Crippen molar-refractivity contribution in [2.24, 2.45) is 0 Å². The smallest absolute Gasteiger partial charge is 0.304 e. The third-order valence-electron chi connectivity index (χ3n) is 0.849. The van der Waals surface area contributed by atoms with Crippen molar-refractivity contribution in [3.8, 4) is 0 Å². The van der Waals surface area contributed by atoms with Crippen LogP contribution in [-0.4, -0.2) is 20.2 Å². The molecule has 2 nitrogen and oxygen atoms in total. The molecule has 0 bridgehead atoms. The molecule has 0 aliphatic heterocycles. The van der Waals surface area contributed by atoms with Crippen molar-refractivity contribution in [3.05, 3.63) is 0 Å². The van der Waals surface area contributed by atoms with Gasteiger partial charge in [-0.15, -0.1) is 11.6 Å². The van der Waals surface area contributed by atoms with Crippen LogP contribution in [0.2, 0.25) is 0 Å². The van der Waals surface area contributed by atoms with E-state index in [0.717, 1.165) is 0 Å². The minimum absolute atomic E-state index is 0.0333. The van der Waals surface area contributed by atoms with Gasteiger partial charge < -0.3 is 5.11 Å². The fourth-order valence-electron chi connectivity index (χ4n) is 0.513. The quantitative estimate of drug-likeness (QED) is 0.770. The number of alkyl halides is 4. The van der Waals surface area contributed by atoms with Crippen LogP contribution in [0.5, 0.6) is 0 Å². The Bertz CT molecular complexity index is 142. The van der Waals surface area contributed by atoms with E-state index in [0.29, 0.717) is 0 Å². The fourth-order valence-corrected chi connectivity index (χ4v) is 1.67. The first kappa shape index (κ1) is 11.6. The van der Waals surface area contributed by atoms with Gasteiger partial charge in [0.05, 0.1) is 6.42 Å². The second-order valence-corrected chi connectivity index (χ2v) is 5.15. The van der Waals surface area contributed by atoms with Crippen molar-refractivity contribution < 1.29 is 9.90 Å². The summed E-state index contributed by atoms with van der Waals surface area (Å²) in [6, 6.07) is 0. The number of halogens is 4. The van der Waals surface area contributed by atoms with Crippen LogP contribution >= 0.6 is 46.4 Å². The normalized spacial score (nSPS) is 14.5. The molecule has 0 aromatic rings. The highest BCUT2D eigenvalue weighted by Gasteiger charge is 2.25. The lowest BCUT2D eigenvalue weighted by Crippen LogP contribution is -2.15. The second kappa shape index (κ2) is 4.61. The van der Waals surface area contributed by atoms with E-state index < -0.39 is 15.1 Å². The number of carboxylic acids is 1. The van der Waals surface area contributed by atoms with Crippen LogP contribution in [-0.2, 0) is 4.79 Å². The summed E-state index contributed by atoms with van der Waals surface area (Å²) in [6.07, 6.45) is -0.166. The predicted molar refractivity (Wildman–Crippen MR) is 46.8 cm³/mol. The van der Waals surface area contributed by atoms with E-state index in [-0.39, 0.29) is 12.8 Å². The largest absolute Gasteiger partial charge is 0.481 e. The SMILES string of the molecule is O=C(O)CC(Cl)CC(Cl)(Cl)Cl. The number of aliphatic carboxylic acids is 1. The molecule has 1 unspecified atom stereocenters. The molecule has 0 fully saturated rings. The molecule has 66 valence electrons. The van der Waals surface area contributed by atoms with Gasteiger partial charge >= 0.3 is 5.97 Å². The number of hydrogen-bond acceptors (Lipinski definition) is 1. The summed E-state index contributed by atoms with van der Waals surface area (Å²) in [5.41, 5.74) is 0. The van der Waals surface area contributed by atoms with Crippen LogP contribution in [0.1, 0.15) is 12.8 Å². The minimum Gasteiger partial charge on any atom is -0.481 e. The van der Waals surface area contributed by atoms with Gasteiger partial charge in [-0.25, -0.2) is 0 Å². The summed E-state index contributed by atoms with van der Waals surface area (Å²) in [5.74, 6) is -1.00. The van der Waals surface area contributed by atoms with Gasteiger partial charge in [0.25, 0.3) is 0 Å². The van der Waals surface area contributed by atoms with E-state index in [9.17, 15) is 4.79 Å². The Balaban J connectivity index is 3.69. The molecule has 1 atom stereocenters. The van der Waals surface area contributed by atoms with Crippen LogP contribution in [0.3, 0.4) is 0 Å². The molecule has 1 N–H and O–H groups in total. The van der Waals surface area contributed by atoms with Crippen molar-refractivity contribution in [1.29, 1.82) is 0 Å². The lowest BCUT2D eigenvalue weighted by molar-refractivity contribution is -0.137. The molecule has 6 heteroatoms. The van der Waals surface area contributed by atoms with E-state index in [1.165, 1.54) is 0 Å². The predicted octanol–water partition coefficient (Wildman–Crippen LogP) is 2.83. The molecule has 0 rings (SSSR count). The molecule has 0 spiro atoms. The van der Waals surface area contributed by atoms with Gasteiger partial charge in [-0.05, 0) is 0 Å². The first-order valence-corrected chi connectivity index (χ1v) is 4.31. The number of carboxylic acid groups (broad SMARTS) is 1. The summed E-state index contributed by atoms with van der Waals surface area (Å²) in [7, 11) is 0. The highest BCUT2D eigenvalue weighted by atomic mass is 35.6. The van der Waals surface area contributed by atoms with Gasteiger partial charge in [0.2, 0.25) is 0 Å². The van der Waals surface area contributed by atoms with Crippen LogP contribution < -0.4 is 0 Å². The Morgan fingerprint density at radius 3 is 2.18 bits per heavy atom. The van der Waals surface area contributed by atoms with Crippen LogP contribution in [0.4, 0.5) is 0 Å². The Morgan fingerprint density at radius 1 is 1.45 bits per heavy atom. The van der Waals surface area contributed by atoms with E-state index in [4.69, 9.17) is 51.5 Å². The molecule has 0 aromatic carbocycles. The standard InChI is InChI=1S/C5H6Cl4O2/c6-3(1-4(10)11)2-5(7,8)9/h3H,1-2H2,(H,10,11). The maximum atomic E-state index is 10.1. The monoisotopic (exact) mass is 238 g/mol. The molecule has 11 heavy (non-hydrogen) atoms. The van der Waals surface area contributed by atoms with Gasteiger partial charge in [-0.1, -0.05) is 34.8 Å². The molecule has 0 aromatic heterocycles. The number of rotatable bonds is 3. The van der Waals surface area contributed by atoms with Gasteiger partial charge in [-0.2, -0.15) is 0 Å². The van der Waals surface area contributed by atoms with E-state index in [1.807, 2.05) is 0 Å². The summed E-state index contributed by atoms with van der Waals surface area (Å²) in [6.45, 7) is 0. The van der Waals surface area contributed by atoms with Crippen molar-refractivity contribution in [2.45, 2.75) is 22.0 Å².